The van der Waals surface area contributed by atoms with Crippen molar-refractivity contribution in [3.63, 3.8) is 0 Å². The molecule has 0 atom stereocenters. The molecule has 0 amide bonds. The Morgan fingerprint density at radius 1 is 1.15 bits per heavy atom. The zero-order valence-electron chi connectivity index (χ0n) is 10.9. The van der Waals surface area contributed by atoms with Gasteiger partial charge >= 0.3 is 0 Å². The smallest absolute Gasteiger partial charge is 0.231 e. The molecule has 0 bridgehead atoms. The largest absolute Gasteiger partial charge is 0.496 e. The number of methoxy groups -OCH3 is 1. The minimum atomic E-state index is 0.246. The van der Waals surface area contributed by atoms with Gasteiger partial charge < -0.3 is 18.6 Å². The van der Waals surface area contributed by atoms with Crippen molar-refractivity contribution in [2.75, 3.05) is 13.9 Å². The van der Waals surface area contributed by atoms with Gasteiger partial charge in [0, 0.05) is 35.8 Å². The number of benzene rings is 1. The number of imidazole rings is 1. The minimum Gasteiger partial charge on any atom is -0.496 e. The van der Waals surface area contributed by atoms with Gasteiger partial charge in [0.25, 0.3) is 0 Å². The first-order valence-electron chi connectivity index (χ1n) is 6.26. The highest BCUT2D eigenvalue weighted by atomic mass is 16.7. The van der Waals surface area contributed by atoms with Crippen molar-refractivity contribution < 1.29 is 14.2 Å². The van der Waals surface area contributed by atoms with Gasteiger partial charge in [0.05, 0.1) is 7.11 Å². The highest BCUT2D eigenvalue weighted by molar-refractivity contribution is 5.83. The topological polar surface area (TPSA) is 45.0 Å². The van der Waals surface area contributed by atoms with Crippen molar-refractivity contribution in [2.45, 2.75) is 0 Å². The van der Waals surface area contributed by atoms with Gasteiger partial charge in [-0.25, -0.2) is 4.98 Å². The second-order valence-corrected chi connectivity index (χ2v) is 4.49. The van der Waals surface area contributed by atoms with Crippen LogP contribution < -0.4 is 14.2 Å². The number of pyridine rings is 1. The Morgan fingerprint density at radius 2 is 2.00 bits per heavy atom. The number of aromatic nitrogens is 2. The summed E-state index contributed by atoms with van der Waals surface area (Å²) in [6.45, 7) is 0.246. The molecule has 5 nitrogen and oxygen atoms in total. The monoisotopic (exact) mass is 268 g/mol. The van der Waals surface area contributed by atoms with Crippen LogP contribution in [0.15, 0.2) is 42.9 Å². The quantitative estimate of drug-likeness (QED) is 0.717. The molecule has 1 aliphatic rings. The summed E-state index contributed by atoms with van der Waals surface area (Å²) in [7, 11) is 1.65. The maximum Gasteiger partial charge on any atom is 0.231 e. The predicted molar refractivity (Wildman–Crippen MR) is 73.3 cm³/mol. The molecule has 2 aromatic heterocycles. The van der Waals surface area contributed by atoms with Crippen molar-refractivity contribution in [3.05, 3.63) is 42.9 Å². The summed E-state index contributed by atoms with van der Waals surface area (Å²) >= 11 is 0. The van der Waals surface area contributed by atoms with E-state index in [1.165, 1.54) is 0 Å². The standard InChI is InChI=1S/C15H12N2O3/c1-18-12-8-14-13(19-9-20-14)7-11(12)10-3-2-5-17-6-4-16-15(10)17/h2-8H,9H2,1H3. The van der Waals surface area contributed by atoms with Gasteiger partial charge in [-0.2, -0.15) is 0 Å². The molecule has 5 heteroatoms. The van der Waals surface area contributed by atoms with Crippen molar-refractivity contribution in [1.82, 2.24) is 9.38 Å². The highest BCUT2D eigenvalue weighted by Crippen LogP contribution is 2.43. The second-order valence-electron chi connectivity index (χ2n) is 4.49. The maximum absolute atomic E-state index is 5.48. The molecule has 0 aliphatic carbocycles. The third-order valence-corrected chi connectivity index (χ3v) is 3.40. The summed E-state index contributed by atoms with van der Waals surface area (Å²) in [6.07, 6.45) is 5.65. The van der Waals surface area contributed by atoms with Crippen molar-refractivity contribution in [3.8, 4) is 28.4 Å². The van der Waals surface area contributed by atoms with Crippen molar-refractivity contribution in [2.24, 2.45) is 0 Å². The normalized spacial score (nSPS) is 12.8. The lowest BCUT2D eigenvalue weighted by atomic mass is 10.0. The third-order valence-electron chi connectivity index (χ3n) is 3.40. The van der Waals surface area contributed by atoms with Crippen LogP contribution in [0.2, 0.25) is 0 Å². The van der Waals surface area contributed by atoms with E-state index in [1.807, 2.05) is 41.1 Å². The van der Waals surface area contributed by atoms with E-state index in [4.69, 9.17) is 14.2 Å². The molecule has 20 heavy (non-hydrogen) atoms. The van der Waals surface area contributed by atoms with Gasteiger partial charge in [-0.1, -0.05) is 0 Å². The van der Waals surface area contributed by atoms with E-state index >= 15 is 0 Å². The average Bonchev–Trinajstić information content (AvgIpc) is 3.13. The van der Waals surface area contributed by atoms with Crippen LogP contribution in [0, 0.1) is 0 Å². The number of fused-ring (bicyclic) bond motifs is 2. The lowest BCUT2D eigenvalue weighted by molar-refractivity contribution is 0.174. The van der Waals surface area contributed by atoms with Crippen LogP contribution in [0.1, 0.15) is 0 Å². The van der Waals surface area contributed by atoms with Crippen LogP contribution in [-0.4, -0.2) is 23.3 Å². The fraction of sp³-hybridized carbons (Fsp3) is 0.133. The van der Waals surface area contributed by atoms with E-state index in [0.29, 0.717) is 5.75 Å². The molecular weight excluding hydrogens is 256 g/mol. The molecule has 3 aromatic rings. The molecule has 1 aromatic carbocycles. The van der Waals surface area contributed by atoms with Crippen LogP contribution in [0.4, 0.5) is 0 Å². The van der Waals surface area contributed by atoms with Crippen molar-refractivity contribution in [1.29, 1.82) is 0 Å². The molecule has 0 saturated carbocycles. The highest BCUT2D eigenvalue weighted by Gasteiger charge is 2.20. The molecule has 0 saturated heterocycles. The molecule has 0 N–H and O–H groups in total. The van der Waals surface area contributed by atoms with Crippen LogP contribution >= 0.6 is 0 Å². The lowest BCUT2D eigenvalue weighted by Crippen LogP contribution is -1.92. The molecule has 0 radical (unpaired) electrons. The Bertz CT molecular complexity index is 795. The van der Waals surface area contributed by atoms with Gasteiger partial charge in [-0.15, -0.1) is 0 Å². The number of ether oxygens (including phenoxy) is 3. The Kier molecular flexibility index (Phi) is 2.32. The van der Waals surface area contributed by atoms with Crippen LogP contribution in [0.3, 0.4) is 0 Å². The molecule has 0 fully saturated rings. The molecule has 0 unspecified atom stereocenters. The molecule has 0 spiro atoms. The summed E-state index contributed by atoms with van der Waals surface area (Å²) in [4.78, 5) is 4.40. The zero-order valence-corrected chi connectivity index (χ0v) is 10.9. The summed E-state index contributed by atoms with van der Waals surface area (Å²) in [6, 6.07) is 7.78. The van der Waals surface area contributed by atoms with Gasteiger partial charge in [-0.05, 0) is 18.2 Å². The van der Waals surface area contributed by atoms with Crippen LogP contribution in [0.5, 0.6) is 17.2 Å². The van der Waals surface area contributed by atoms with E-state index in [2.05, 4.69) is 4.98 Å². The first-order valence-corrected chi connectivity index (χ1v) is 6.26. The fourth-order valence-electron chi connectivity index (χ4n) is 2.46. The molecule has 100 valence electrons. The fourth-order valence-corrected chi connectivity index (χ4v) is 2.46. The Balaban J connectivity index is 2.00. The number of rotatable bonds is 2. The average molecular weight is 268 g/mol. The summed E-state index contributed by atoms with van der Waals surface area (Å²) < 4.78 is 18.3. The predicted octanol–water partition coefficient (Wildman–Crippen LogP) is 2.74. The van der Waals surface area contributed by atoms with Crippen LogP contribution in [0.25, 0.3) is 16.8 Å². The molecule has 1 aliphatic heterocycles. The van der Waals surface area contributed by atoms with E-state index in [9.17, 15) is 0 Å². The first-order chi connectivity index (χ1) is 9.86. The van der Waals surface area contributed by atoms with Gasteiger partial charge in [-0.3, -0.25) is 0 Å². The van der Waals surface area contributed by atoms with Gasteiger partial charge in [0.2, 0.25) is 6.79 Å². The first kappa shape index (κ1) is 11.2. The SMILES string of the molecule is COc1cc2c(cc1-c1cccn3ccnc13)OCO2. The van der Waals surface area contributed by atoms with E-state index in [-0.39, 0.29) is 6.79 Å². The maximum atomic E-state index is 5.48. The molecular formula is C15H12N2O3. The van der Waals surface area contributed by atoms with Gasteiger partial charge in [0.1, 0.15) is 11.4 Å². The number of hydrogen-bond acceptors (Lipinski definition) is 4. The summed E-state index contributed by atoms with van der Waals surface area (Å²) in [5.41, 5.74) is 2.81. The van der Waals surface area contributed by atoms with Gasteiger partial charge in [0.15, 0.2) is 11.5 Å². The molecule has 4 rings (SSSR count). The summed E-state index contributed by atoms with van der Waals surface area (Å²) in [5, 5.41) is 0. The van der Waals surface area contributed by atoms with Crippen molar-refractivity contribution >= 4 is 5.65 Å². The zero-order chi connectivity index (χ0) is 13.5. The Labute approximate surface area is 115 Å². The second kappa shape index (κ2) is 4.16. The number of hydrogen-bond donors (Lipinski definition) is 0. The lowest BCUT2D eigenvalue weighted by Gasteiger charge is -2.11. The Hall–Kier alpha value is -2.69. The van der Waals surface area contributed by atoms with Crippen LogP contribution in [-0.2, 0) is 0 Å². The third kappa shape index (κ3) is 1.53. The Morgan fingerprint density at radius 3 is 2.85 bits per heavy atom. The van der Waals surface area contributed by atoms with E-state index < -0.39 is 0 Å². The number of nitrogens with zero attached hydrogens (tertiary/aromatic N) is 2. The summed E-state index contributed by atoms with van der Waals surface area (Å²) in [5.74, 6) is 2.18. The molecule has 3 heterocycles. The van der Waals surface area contributed by atoms with E-state index in [1.54, 1.807) is 13.3 Å². The minimum absolute atomic E-state index is 0.246. The van der Waals surface area contributed by atoms with E-state index in [0.717, 1.165) is 28.3 Å².